The Morgan fingerprint density at radius 1 is 0.962 bits per heavy atom. The van der Waals surface area contributed by atoms with Crippen molar-refractivity contribution in [2.75, 3.05) is 37.8 Å². The average Bonchev–Trinajstić information content (AvgIpc) is 3.18. The van der Waals surface area contributed by atoms with Crippen LogP contribution in [-0.2, 0) is 5.41 Å². The summed E-state index contributed by atoms with van der Waals surface area (Å²) in [5.41, 5.74) is 3.85. The van der Waals surface area contributed by atoms with E-state index in [0.29, 0.717) is 25.7 Å². The van der Waals surface area contributed by atoms with Gasteiger partial charge < -0.3 is 19.1 Å². The van der Waals surface area contributed by atoms with E-state index in [1.807, 2.05) is 6.07 Å². The smallest absolute Gasteiger partial charge is 0.165 e. The van der Waals surface area contributed by atoms with Crippen molar-refractivity contribution in [3.8, 4) is 17.2 Å². The largest absolute Gasteiger partial charge is 0.492 e. The zero-order valence-corrected chi connectivity index (χ0v) is 15.5. The molecule has 4 nitrogen and oxygen atoms in total. The summed E-state index contributed by atoms with van der Waals surface area (Å²) in [5.74, 6) is 3.28. The number of fused-ring (bicyclic) bond motifs is 5. The molecule has 2 aromatic rings. The third-order valence-electron chi connectivity index (χ3n) is 5.83. The molecule has 26 heavy (non-hydrogen) atoms. The molecule has 3 aliphatic heterocycles. The van der Waals surface area contributed by atoms with Crippen LogP contribution in [0.4, 0.5) is 5.69 Å². The molecule has 3 heterocycles. The Balaban J connectivity index is 1.59. The van der Waals surface area contributed by atoms with Crippen molar-refractivity contribution >= 4 is 5.69 Å². The number of anilines is 1. The number of ether oxygens (including phenoxy) is 3. The maximum absolute atomic E-state index is 6.17. The van der Waals surface area contributed by atoms with E-state index in [4.69, 9.17) is 14.2 Å². The van der Waals surface area contributed by atoms with Crippen molar-refractivity contribution < 1.29 is 14.2 Å². The van der Waals surface area contributed by atoms with Crippen LogP contribution in [-0.4, -0.2) is 32.9 Å². The predicted octanol–water partition coefficient (Wildman–Crippen LogP) is 4.00. The van der Waals surface area contributed by atoms with Gasteiger partial charge in [0, 0.05) is 30.4 Å². The van der Waals surface area contributed by atoms with Crippen molar-refractivity contribution in [3.63, 3.8) is 0 Å². The highest BCUT2D eigenvalue weighted by molar-refractivity contribution is 5.70. The highest BCUT2D eigenvalue weighted by atomic mass is 16.6. The van der Waals surface area contributed by atoms with Gasteiger partial charge in [0.05, 0.1) is 5.41 Å². The lowest BCUT2D eigenvalue weighted by Crippen LogP contribution is -2.36. The Morgan fingerprint density at radius 2 is 1.73 bits per heavy atom. The van der Waals surface area contributed by atoms with Crippen LogP contribution < -0.4 is 19.1 Å². The maximum atomic E-state index is 6.17. The number of para-hydroxylation sites is 1. The van der Waals surface area contributed by atoms with E-state index in [9.17, 15) is 0 Å². The molecule has 0 aromatic heterocycles. The molecule has 0 radical (unpaired) electrons. The Hall–Kier alpha value is -2.36. The first-order valence-electron chi connectivity index (χ1n) is 9.59. The highest BCUT2D eigenvalue weighted by Crippen LogP contribution is 2.54. The molecule has 4 heteroatoms. The van der Waals surface area contributed by atoms with Gasteiger partial charge in [-0.05, 0) is 30.0 Å². The lowest BCUT2D eigenvalue weighted by Gasteiger charge is -2.26. The van der Waals surface area contributed by atoms with Crippen molar-refractivity contribution in [2.24, 2.45) is 5.92 Å². The summed E-state index contributed by atoms with van der Waals surface area (Å²) >= 11 is 0. The summed E-state index contributed by atoms with van der Waals surface area (Å²) in [7, 11) is 0. The van der Waals surface area contributed by atoms with Gasteiger partial charge in [0.1, 0.15) is 25.6 Å². The number of hydrogen-bond acceptors (Lipinski definition) is 4. The van der Waals surface area contributed by atoms with Gasteiger partial charge in [-0.1, -0.05) is 32.0 Å². The van der Waals surface area contributed by atoms with Crippen LogP contribution in [0.25, 0.3) is 0 Å². The Bertz CT molecular complexity index is 847. The fourth-order valence-corrected chi connectivity index (χ4v) is 4.46. The highest BCUT2D eigenvalue weighted by Gasteiger charge is 2.50. The minimum absolute atomic E-state index is 0.112. The predicted molar refractivity (Wildman–Crippen MR) is 102 cm³/mol. The van der Waals surface area contributed by atoms with Gasteiger partial charge in [-0.25, -0.2) is 0 Å². The first-order valence-corrected chi connectivity index (χ1v) is 9.59. The van der Waals surface area contributed by atoms with Crippen molar-refractivity contribution in [3.05, 3.63) is 47.5 Å². The molecule has 0 saturated heterocycles. The van der Waals surface area contributed by atoms with Crippen LogP contribution in [0, 0.1) is 5.92 Å². The molecule has 136 valence electrons. The summed E-state index contributed by atoms with van der Waals surface area (Å²) in [4.78, 5) is 2.53. The molecule has 2 aromatic carbocycles. The van der Waals surface area contributed by atoms with Gasteiger partial charge in [0.2, 0.25) is 0 Å². The van der Waals surface area contributed by atoms with E-state index in [-0.39, 0.29) is 5.41 Å². The fraction of sp³-hybridized carbons (Fsp3) is 0.455. The van der Waals surface area contributed by atoms with Crippen LogP contribution in [0.3, 0.4) is 0 Å². The Morgan fingerprint density at radius 3 is 2.54 bits per heavy atom. The van der Waals surface area contributed by atoms with E-state index >= 15 is 0 Å². The molecular formula is C22H25NO3. The molecule has 0 amide bonds. The normalized spacial score (nSPS) is 22.5. The lowest BCUT2D eigenvalue weighted by molar-refractivity contribution is 0.171. The zero-order chi connectivity index (χ0) is 17.7. The van der Waals surface area contributed by atoms with Crippen LogP contribution in [0.1, 0.15) is 31.4 Å². The Labute approximate surface area is 154 Å². The fourth-order valence-electron chi connectivity index (χ4n) is 4.46. The number of rotatable bonds is 3. The van der Waals surface area contributed by atoms with Crippen LogP contribution in [0.2, 0.25) is 0 Å². The number of benzene rings is 2. The van der Waals surface area contributed by atoms with Gasteiger partial charge in [0.15, 0.2) is 11.5 Å². The minimum Gasteiger partial charge on any atom is -0.492 e. The lowest BCUT2D eigenvalue weighted by atomic mass is 9.77. The van der Waals surface area contributed by atoms with Crippen molar-refractivity contribution in [1.82, 2.24) is 0 Å². The van der Waals surface area contributed by atoms with Crippen LogP contribution in [0.5, 0.6) is 17.2 Å². The molecule has 5 rings (SSSR count). The van der Waals surface area contributed by atoms with Gasteiger partial charge >= 0.3 is 0 Å². The molecular weight excluding hydrogens is 326 g/mol. The second-order valence-corrected chi connectivity index (χ2v) is 7.98. The Kier molecular flexibility index (Phi) is 3.56. The van der Waals surface area contributed by atoms with Crippen LogP contribution in [0.15, 0.2) is 36.4 Å². The number of nitrogens with zero attached hydrogens (tertiary/aromatic N) is 1. The number of hydrogen-bond donors (Lipinski definition) is 0. The summed E-state index contributed by atoms with van der Waals surface area (Å²) in [6.07, 6.45) is 1.19. The van der Waals surface area contributed by atoms with Gasteiger partial charge in [-0.15, -0.1) is 0 Å². The SMILES string of the molecule is CC(C)CCN1CC2(COc3cc4c(cc32)OCCO4)c2ccccc21. The van der Waals surface area contributed by atoms with E-state index in [1.165, 1.54) is 23.2 Å². The topological polar surface area (TPSA) is 30.9 Å². The van der Waals surface area contributed by atoms with E-state index in [1.54, 1.807) is 0 Å². The van der Waals surface area contributed by atoms with Gasteiger partial charge in [-0.2, -0.15) is 0 Å². The monoisotopic (exact) mass is 351 g/mol. The summed E-state index contributed by atoms with van der Waals surface area (Å²) < 4.78 is 17.8. The molecule has 1 spiro atoms. The molecule has 0 bridgehead atoms. The van der Waals surface area contributed by atoms with E-state index in [2.05, 4.69) is 49.1 Å². The third-order valence-corrected chi connectivity index (χ3v) is 5.83. The molecule has 0 N–H and O–H groups in total. The van der Waals surface area contributed by atoms with Crippen LogP contribution >= 0.6 is 0 Å². The summed E-state index contributed by atoms with van der Waals surface area (Å²) in [5, 5.41) is 0. The molecule has 0 fully saturated rings. The third kappa shape index (κ3) is 2.28. The molecule has 0 aliphatic carbocycles. The average molecular weight is 351 g/mol. The first kappa shape index (κ1) is 15.9. The standard InChI is InChI=1S/C22H25NO3/c1-15(2)7-8-23-13-22(16-5-3-4-6-18(16)23)14-26-19-12-21-20(11-17(19)22)24-9-10-25-21/h3-6,11-12,15H,7-10,13-14H2,1-2H3. The molecule has 1 atom stereocenters. The van der Waals surface area contributed by atoms with E-state index < -0.39 is 0 Å². The molecule has 1 unspecified atom stereocenters. The molecule has 3 aliphatic rings. The van der Waals surface area contributed by atoms with Crippen molar-refractivity contribution in [2.45, 2.75) is 25.7 Å². The second kappa shape index (κ2) is 5.83. The quantitative estimate of drug-likeness (QED) is 0.836. The van der Waals surface area contributed by atoms with Gasteiger partial charge in [-0.3, -0.25) is 0 Å². The second-order valence-electron chi connectivity index (χ2n) is 7.98. The zero-order valence-electron chi connectivity index (χ0n) is 15.5. The van der Waals surface area contributed by atoms with Gasteiger partial charge in [0.25, 0.3) is 0 Å². The van der Waals surface area contributed by atoms with Crippen molar-refractivity contribution in [1.29, 1.82) is 0 Å². The van der Waals surface area contributed by atoms with E-state index in [0.717, 1.165) is 30.3 Å². The molecule has 0 saturated carbocycles. The maximum Gasteiger partial charge on any atom is 0.165 e. The first-order chi connectivity index (χ1) is 12.7. The summed E-state index contributed by atoms with van der Waals surface area (Å²) in [6, 6.07) is 13.0. The minimum atomic E-state index is -0.112. The summed E-state index contributed by atoms with van der Waals surface area (Å²) in [6.45, 7) is 8.51.